The van der Waals surface area contributed by atoms with Crippen LogP contribution in [0.1, 0.15) is 21.5 Å². The molecule has 0 radical (unpaired) electrons. The Kier molecular flexibility index (Phi) is 5.56. The van der Waals surface area contributed by atoms with E-state index < -0.39 is 17.8 Å². The van der Waals surface area contributed by atoms with Gasteiger partial charge in [-0.05, 0) is 55.5 Å². The highest BCUT2D eigenvalue weighted by Gasteiger charge is 2.34. The summed E-state index contributed by atoms with van der Waals surface area (Å²) >= 11 is 6.10. The highest BCUT2D eigenvalue weighted by atomic mass is 35.5. The van der Waals surface area contributed by atoms with Crippen molar-refractivity contribution in [2.24, 2.45) is 0 Å². The lowest BCUT2D eigenvalue weighted by atomic mass is 10.1. The van der Waals surface area contributed by atoms with Crippen molar-refractivity contribution in [1.29, 1.82) is 0 Å². The van der Waals surface area contributed by atoms with Crippen LogP contribution in [-0.4, -0.2) is 17.8 Å². The maximum atomic E-state index is 12.8. The first-order chi connectivity index (χ1) is 14.9. The predicted octanol–water partition coefficient (Wildman–Crippen LogP) is 4.33. The number of carbonyl (C=O) groups is 3. The van der Waals surface area contributed by atoms with Crippen molar-refractivity contribution < 1.29 is 19.1 Å². The second kappa shape index (κ2) is 8.45. The highest BCUT2D eigenvalue weighted by molar-refractivity contribution is 6.32. The number of anilines is 1. The van der Waals surface area contributed by atoms with Crippen molar-refractivity contribution in [3.63, 3.8) is 0 Å². The molecule has 1 heterocycles. The lowest BCUT2D eigenvalue weighted by Crippen LogP contribution is -2.35. The minimum atomic E-state index is -0.565. The lowest BCUT2D eigenvalue weighted by molar-refractivity contribution is -0.117. The second-order valence-corrected chi connectivity index (χ2v) is 7.35. The Labute approximate surface area is 183 Å². The van der Waals surface area contributed by atoms with E-state index in [2.05, 4.69) is 5.43 Å². The molecule has 0 aliphatic carbocycles. The third-order valence-electron chi connectivity index (χ3n) is 4.67. The molecule has 1 aliphatic rings. The van der Waals surface area contributed by atoms with Gasteiger partial charge in [0.05, 0.1) is 11.3 Å². The fourth-order valence-corrected chi connectivity index (χ4v) is 3.23. The van der Waals surface area contributed by atoms with Crippen LogP contribution >= 0.6 is 11.6 Å². The molecule has 1 fully saturated rings. The Balaban J connectivity index is 1.65. The van der Waals surface area contributed by atoms with Crippen LogP contribution in [0.25, 0.3) is 6.08 Å². The number of benzene rings is 3. The first-order valence-corrected chi connectivity index (χ1v) is 9.81. The van der Waals surface area contributed by atoms with E-state index >= 15 is 0 Å². The lowest BCUT2D eigenvalue weighted by Gasteiger charge is -2.14. The minimum Gasteiger partial charge on any atom is -0.422 e. The maximum absolute atomic E-state index is 12.8. The SMILES string of the molecule is Cc1ccc(C(=O)Oc2ccc(Cl)cc2C=C2C(=O)NN(c3ccccc3)C2=O)cc1. The van der Waals surface area contributed by atoms with Crippen molar-refractivity contribution in [2.75, 3.05) is 5.01 Å². The number of halogens is 1. The zero-order valence-corrected chi connectivity index (χ0v) is 17.2. The summed E-state index contributed by atoms with van der Waals surface area (Å²) < 4.78 is 5.52. The Morgan fingerprint density at radius 3 is 2.42 bits per heavy atom. The summed E-state index contributed by atoms with van der Waals surface area (Å²) in [6.45, 7) is 1.92. The van der Waals surface area contributed by atoms with Crippen molar-refractivity contribution in [3.05, 3.63) is 100 Å². The van der Waals surface area contributed by atoms with E-state index in [0.717, 1.165) is 10.6 Å². The summed E-state index contributed by atoms with van der Waals surface area (Å²) in [5.74, 6) is -1.46. The van der Waals surface area contributed by atoms with Crippen LogP contribution in [0.2, 0.25) is 5.02 Å². The van der Waals surface area contributed by atoms with E-state index in [9.17, 15) is 14.4 Å². The number of esters is 1. The molecule has 1 aliphatic heterocycles. The van der Waals surface area contributed by atoms with Gasteiger partial charge in [0.25, 0.3) is 11.8 Å². The molecule has 1 N–H and O–H groups in total. The van der Waals surface area contributed by atoms with Crippen molar-refractivity contribution >= 4 is 41.1 Å². The van der Waals surface area contributed by atoms with Gasteiger partial charge in [-0.3, -0.25) is 15.0 Å². The standard InChI is InChI=1S/C24H17ClN2O4/c1-15-7-9-16(10-8-15)24(30)31-21-12-11-18(25)13-17(21)14-20-22(28)26-27(23(20)29)19-5-3-2-4-6-19/h2-14H,1H3,(H,26,28). The topological polar surface area (TPSA) is 75.7 Å². The zero-order chi connectivity index (χ0) is 22.0. The molecule has 0 aromatic heterocycles. The van der Waals surface area contributed by atoms with Crippen LogP contribution in [0.4, 0.5) is 5.69 Å². The predicted molar refractivity (Wildman–Crippen MR) is 118 cm³/mol. The van der Waals surface area contributed by atoms with Crippen molar-refractivity contribution in [2.45, 2.75) is 6.92 Å². The molecule has 0 atom stereocenters. The Bertz CT molecular complexity index is 1200. The molecule has 0 saturated carbocycles. The quantitative estimate of drug-likeness (QED) is 0.288. The second-order valence-electron chi connectivity index (χ2n) is 6.91. The van der Waals surface area contributed by atoms with Gasteiger partial charge in [0, 0.05) is 10.6 Å². The summed E-state index contributed by atoms with van der Waals surface area (Å²) in [5.41, 5.74) is 4.69. The summed E-state index contributed by atoms with van der Waals surface area (Å²) in [7, 11) is 0. The molecule has 31 heavy (non-hydrogen) atoms. The van der Waals surface area contributed by atoms with Crippen LogP contribution < -0.4 is 15.2 Å². The molecule has 3 aromatic rings. The normalized spacial score (nSPS) is 14.6. The van der Waals surface area contributed by atoms with Crippen LogP contribution in [0.15, 0.2) is 78.4 Å². The molecule has 3 aromatic carbocycles. The number of nitrogens with one attached hydrogen (secondary N) is 1. The molecule has 154 valence electrons. The molecule has 1 saturated heterocycles. The first kappa shape index (κ1) is 20.4. The summed E-state index contributed by atoms with van der Waals surface area (Å²) in [4.78, 5) is 37.8. The molecule has 0 bridgehead atoms. The molecule has 4 rings (SSSR count). The Morgan fingerprint density at radius 1 is 1.00 bits per heavy atom. The number of hydrogen-bond donors (Lipinski definition) is 1. The first-order valence-electron chi connectivity index (χ1n) is 9.43. The third kappa shape index (κ3) is 4.34. The van der Waals surface area contributed by atoms with Gasteiger partial charge in [-0.25, -0.2) is 9.80 Å². The van der Waals surface area contributed by atoms with Crippen molar-refractivity contribution in [1.82, 2.24) is 5.43 Å². The van der Waals surface area contributed by atoms with E-state index in [1.54, 1.807) is 54.6 Å². The number of nitrogens with zero attached hydrogens (tertiary/aromatic N) is 1. The van der Waals surface area contributed by atoms with E-state index in [1.165, 1.54) is 18.2 Å². The number of aryl methyl sites for hydroxylation is 1. The number of ether oxygens (including phenoxy) is 1. The minimum absolute atomic E-state index is 0.0984. The summed E-state index contributed by atoms with van der Waals surface area (Å²) in [6.07, 6.45) is 1.37. The summed E-state index contributed by atoms with van der Waals surface area (Å²) in [6, 6.07) is 20.3. The Morgan fingerprint density at radius 2 is 1.71 bits per heavy atom. The van der Waals surface area contributed by atoms with Gasteiger partial charge in [0.1, 0.15) is 11.3 Å². The average molecular weight is 433 g/mol. The number of hydrogen-bond acceptors (Lipinski definition) is 4. The van der Waals surface area contributed by atoms with Crippen LogP contribution in [0, 0.1) is 6.92 Å². The van der Waals surface area contributed by atoms with E-state index in [4.69, 9.17) is 16.3 Å². The number of amides is 2. The maximum Gasteiger partial charge on any atom is 0.343 e. The van der Waals surface area contributed by atoms with Crippen LogP contribution in [-0.2, 0) is 9.59 Å². The molecule has 2 amide bonds. The average Bonchev–Trinajstić information content (AvgIpc) is 3.05. The van der Waals surface area contributed by atoms with Crippen LogP contribution in [0.3, 0.4) is 0 Å². The van der Waals surface area contributed by atoms with E-state index in [-0.39, 0.29) is 11.3 Å². The number of para-hydroxylation sites is 1. The van der Waals surface area contributed by atoms with Gasteiger partial charge in [-0.1, -0.05) is 47.5 Å². The molecular formula is C24H17ClN2O4. The largest absolute Gasteiger partial charge is 0.422 e. The van der Waals surface area contributed by atoms with E-state index in [0.29, 0.717) is 21.8 Å². The molecular weight excluding hydrogens is 416 g/mol. The van der Waals surface area contributed by atoms with Gasteiger partial charge in [0.2, 0.25) is 0 Å². The van der Waals surface area contributed by atoms with Gasteiger partial charge < -0.3 is 4.74 Å². The molecule has 7 heteroatoms. The number of carbonyl (C=O) groups excluding carboxylic acids is 3. The molecule has 0 spiro atoms. The number of hydrazine groups is 1. The molecule has 0 unspecified atom stereocenters. The van der Waals surface area contributed by atoms with Gasteiger partial charge in [0.15, 0.2) is 0 Å². The fourth-order valence-electron chi connectivity index (χ4n) is 3.05. The fraction of sp³-hybridized carbons (Fsp3) is 0.0417. The molecule has 6 nitrogen and oxygen atoms in total. The smallest absolute Gasteiger partial charge is 0.343 e. The van der Waals surface area contributed by atoms with Crippen LogP contribution in [0.5, 0.6) is 5.75 Å². The van der Waals surface area contributed by atoms with Crippen molar-refractivity contribution in [3.8, 4) is 5.75 Å². The van der Waals surface area contributed by atoms with Gasteiger partial charge in [-0.2, -0.15) is 0 Å². The van der Waals surface area contributed by atoms with E-state index in [1.807, 2.05) is 13.0 Å². The summed E-state index contributed by atoms with van der Waals surface area (Å²) in [5, 5.41) is 1.53. The third-order valence-corrected chi connectivity index (χ3v) is 4.90. The zero-order valence-electron chi connectivity index (χ0n) is 16.5. The van der Waals surface area contributed by atoms with Gasteiger partial charge >= 0.3 is 5.97 Å². The Hall–Kier alpha value is -3.90. The number of rotatable bonds is 4. The van der Waals surface area contributed by atoms with Gasteiger partial charge in [-0.15, -0.1) is 0 Å². The monoisotopic (exact) mass is 432 g/mol. The highest BCUT2D eigenvalue weighted by Crippen LogP contribution is 2.28.